The van der Waals surface area contributed by atoms with Gasteiger partial charge in [-0.2, -0.15) is 5.10 Å². The molecule has 0 aliphatic rings. The minimum atomic E-state index is 0.521. The van der Waals surface area contributed by atoms with Crippen LogP contribution in [0, 0.1) is 0 Å². The van der Waals surface area contributed by atoms with Gasteiger partial charge in [-0.3, -0.25) is 0 Å². The second-order valence-electron chi connectivity index (χ2n) is 3.39. The van der Waals surface area contributed by atoms with Crippen LogP contribution in [0.2, 0.25) is 5.02 Å². The Hall–Kier alpha value is -1.36. The van der Waals surface area contributed by atoms with Gasteiger partial charge in [0.25, 0.3) is 0 Å². The summed E-state index contributed by atoms with van der Waals surface area (Å²) in [6, 6.07) is 8.00. The van der Waals surface area contributed by atoms with E-state index in [9.17, 15) is 0 Å². The van der Waals surface area contributed by atoms with Crippen LogP contribution in [0.3, 0.4) is 0 Å². The van der Waals surface area contributed by atoms with Crippen molar-refractivity contribution in [3.05, 3.63) is 47.2 Å². The highest BCUT2D eigenvalue weighted by molar-refractivity contribution is 6.30. The van der Waals surface area contributed by atoms with Crippen molar-refractivity contribution in [1.29, 1.82) is 0 Å². The Bertz CT molecular complexity index is 453. The van der Waals surface area contributed by atoms with Crippen molar-refractivity contribution < 1.29 is 4.84 Å². The molecule has 0 saturated carbocycles. The Morgan fingerprint density at radius 1 is 1.31 bits per heavy atom. The van der Waals surface area contributed by atoms with Crippen LogP contribution in [-0.2, 0) is 11.3 Å². The van der Waals surface area contributed by atoms with Crippen molar-refractivity contribution in [3.63, 3.8) is 0 Å². The lowest BCUT2D eigenvalue weighted by molar-refractivity contribution is 0.141. The predicted octanol–water partition coefficient (Wildman–Crippen LogP) is 1.96. The number of hydrogen-bond donors (Lipinski definition) is 1. The normalized spacial score (nSPS) is 10.6. The first-order valence-electron chi connectivity index (χ1n) is 4.91. The molecule has 2 N–H and O–H groups in total. The molecule has 0 radical (unpaired) electrons. The fourth-order valence-corrected chi connectivity index (χ4v) is 1.57. The predicted molar refractivity (Wildman–Crippen MR) is 62.4 cm³/mol. The number of nitrogens with zero attached hydrogens (tertiary/aromatic N) is 2. The Morgan fingerprint density at radius 2 is 2.06 bits per heavy atom. The van der Waals surface area contributed by atoms with Crippen LogP contribution in [0.4, 0.5) is 0 Å². The van der Waals surface area contributed by atoms with Crippen LogP contribution in [0.25, 0.3) is 5.69 Å². The van der Waals surface area contributed by atoms with Gasteiger partial charge in [-0.15, -0.1) is 0 Å². The van der Waals surface area contributed by atoms with Gasteiger partial charge in [0.2, 0.25) is 0 Å². The van der Waals surface area contributed by atoms with Crippen LogP contribution < -0.4 is 5.90 Å². The zero-order valence-corrected chi connectivity index (χ0v) is 9.39. The van der Waals surface area contributed by atoms with E-state index in [0.29, 0.717) is 11.6 Å². The molecule has 1 heterocycles. The highest BCUT2D eigenvalue weighted by Crippen LogP contribution is 2.12. The van der Waals surface area contributed by atoms with Crippen molar-refractivity contribution in [2.45, 2.75) is 6.42 Å². The van der Waals surface area contributed by atoms with Crippen LogP contribution in [0.15, 0.2) is 36.7 Å². The van der Waals surface area contributed by atoms with Crippen molar-refractivity contribution >= 4 is 11.6 Å². The van der Waals surface area contributed by atoms with Gasteiger partial charge in [0.1, 0.15) is 0 Å². The molecule has 84 valence electrons. The summed E-state index contributed by atoms with van der Waals surface area (Å²) >= 11 is 5.80. The molecule has 0 bridgehead atoms. The molecule has 0 unspecified atom stereocenters. The average Bonchev–Trinajstić information content (AvgIpc) is 2.74. The van der Waals surface area contributed by atoms with Gasteiger partial charge in [0.15, 0.2) is 0 Å². The van der Waals surface area contributed by atoms with Crippen molar-refractivity contribution in [2.75, 3.05) is 6.61 Å². The third kappa shape index (κ3) is 2.61. The summed E-state index contributed by atoms with van der Waals surface area (Å²) in [6.07, 6.45) is 4.17. The topological polar surface area (TPSA) is 53.1 Å². The van der Waals surface area contributed by atoms with E-state index in [1.807, 2.05) is 24.3 Å². The molecular weight excluding hydrogens is 226 g/mol. The van der Waals surface area contributed by atoms with Gasteiger partial charge in [0.05, 0.1) is 23.5 Å². The number of hydrogen-bond acceptors (Lipinski definition) is 3. The van der Waals surface area contributed by atoms with Crippen LogP contribution in [0.1, 0.15) is 5.56 Å². The first-order valence-corrected chi connectivity index (χ1v) is 5.28. The second kappa shape index (κ2) is 5.12. The number of rotatable bonds is 4. The maximum Gasteiger partial charge on any atom is 0.0790 e. The molecule has 0 saturated heterocycles. The molecule has 2 rings (SSSR count). The molecule has 1 aromatic carbocycles. The lowest BCUT2D eigenvalue weighted by Crippen LogP contribution is -2.03. The number of benzene rings is 1. The SMILES string of the molecule is NOCCc1ccc(-n2cc(Cl)cn2)cc1. The first-order chi connectivity index (χ1) is 7.79. The third-order valence-corrected chi connectivity index (χ3v) is 2.46. The zero-order chi connectivity index (χ0) is 11.4. The van der Waals surface area contributed by atoms with Gasteiger partial charge >= 0.3 is 0 Å². The van der Waals surface area contributed by atoms with E-state index in [4.69, 9.17) is 17.5 Å². The average molecular weight is 238 g/mol. The lowest BCUT2D eigenvalue weighted by Gasteiger charge is -2.03. The number of aromatic nitrogens is 2. The van der Waals surface area contributed by atoms with Gasteiger partial charge in [-0.1, -0.05) is 23.7 Å². The molecule has 0 aliphatic carbocycles. The molecule has 2 aromatic rings. The fourth-order valence-electron chi connectivity index (χ4n) is 1.43. The third-order valence-electron chi connectivity index (χ3n) is 2.26. The minimum absolute atomic E-state index is 0.521. The summed E-state index contributed by atoms with van der Waals surface area (Å²) in [7, 11) is 0. The zero-order valence-electron chi connectivity index (χ0n) is 8.64. The second-order valence-corrected chi connectivity index (χ2v) is 3.83. The van der Waals surface area contributed by atoms with E-state index in [0.717, 1.165) is 12.1 Å². The van der Waals surface area contributed by atoms with Crippen LogP contribution in [0.5, 0.6) is 0 Å². The van der Waals surface area contributed by atoms with Gasteiger partial charge in [0, 0.05) is 6.20 Å². The van der Waals surface area contributed by atoms with Crippen molar-refractivity contribution in [3.8, 4) is 5.69 Å². The molecule has 16 heavy (non-hydrogen) atoms. The fraction of sp³-hybridized carbons (Fsp3) is 0.182. The van der Waals surface area contributed by atoms with E-state index in [-0.39, 0.29) is 0 Å². The summed E-state index contributed by atoms with van der Waals surface area (Å²) in [4.78, 5) is 4.53. The first kappa shape index (κ1) is 11.1. The summed E-state index contributed by atoms with van der Waals surface area (Å²) in [5.74, 6) is 4.97. The van der Waals surface area contributed by atoms with E-state index >= 15 is 0 Å². The van der Waals surface area contributed by atoms with Gasteiger partial charge in [-0.25, -0.2) is 10.6 Å². The molecule has 0 atom stereocenters. The highest BCUT2D eigenvalue weighted by atomic mass is 35.5. The summed E-state index contributed by atoms with van der Waals surface area (Å²) in [5.41, 5.74) is 2.15. The van der Waals surface area contributed by atoms with Gasteiger partial charge < -0.3 is 4.84 Å². The molecule has 5 heteroatoms. The number of halogens is 1. The van der Waals surface area contributed by atoms with Crippen LogP contribution in [-0.4, -0.2) is 16.4 Å². The summed E-state index contributed by atoms with van der Waals surface area (Å²) in [6.45, 7) is 0.521. The Labute approximate surface area is 98.5 Å². The molecular formula is C11H12ClN3O. The molecule has 4 nitrogen and oxygen atoms in total. The van der Waals surface area contributed by atoms with Crippen LogP contribution >= 0.6 is 11.6 Å². The standard InChI is InChI=1S/C11H12ClN3O/c12-10-7-14-15(8-10)11-3-1-9(2-4-11)5-6-16-13/h1-4,7-8H,5-6,13H2. The van der Waals surface area contributed by atoms with E-state index in [2.05, 4.69) is 9.94 Å². The monoisotopic (exact) mass is 237 g/mol. The smallest absolute Gasteiger partial charge is 0.0790 e. The van der Waals surface area contributed by atoms with Gasteiger partial charge in [-0.05, 0) is 24.1 Å². The largest absolute Gasteiger partial charge is 0.304 e. The van der Waals surface area contributed by atoms with E-state index in [1.54, 1.807) is 17.1 Å². The Morgan fingerprint density at radius 3 is 2.62 bits per heavy atom. The molecule has 0 aliphatic heterocycles. The summed E-state index contributed by atoms with van der Waals surface area (Å²) < 4.78 is 1.73. The van der Waals surface area contributed by atoms with Crippen molar-refractivity contribution in [1.82, 2.24) is 9.78 Å². The lowest BCUT2D eigenvalue weighted by atomic mass is 10.1. The maximum atomic E-state index is 5.80. The van der Waals surface area contributed by atoms with E-state index in [1.165, 1.54) is 5.56 Å². The Kier molecular flexibility index (Phi) is 3.56. The summed E-state index contributed by atoms with van der Waals surface area (Å²) in [5, 5.41) is 4.74. The maximum absolute atomic E-state index is 5.80. The highest BCUT2D eigenvalue weighted by Gasteiger charge is 1.99. The molecule has 0 amide bonds. The molecule has 0 spiro atoms. The molecule has 1 aromatic heterocycles. The van der Waals surface area contributed by atoms with Crippen molar-refractivity contribution in [2.24, 2.45) is 5.90 Å². The Balaban J connectivity index is 2.13. The quantitative estimate of drug-likeness (QED) is 0.827. The number of nitrogens with two attached hydrogens (primary N) is 1. The minimum Gasteiger partial charge on any atom is -0.304 e. The van der Waals surface area contributed by atoms with E-state index < -0.39 is 0 Å². The molecule has 0 fully saturated rings.